The van der Waals surface area contributed by atoms with Gasteiger partial charge in [0, 0.05) is 12.1 Å². The zero-order chi connectivity index (χ0) is 16.8. The lowest BCUT2D eigenvalue weighted by atomic mass is 9.89. The van der Waals surface area contributed by atoms with Crippen LogP contribution >= 0.6 is 0 Å². The second-order valence-electron chi connectivity index (χ2n) is 7.00. The summed E-state index contributed by atoms with van der Waals surface area (Å²) in [5.41, 5.74) is 0. The summed E-state index contributed by atoms with van der Waals surface area (Å²) in [7, 11) is 0. The lowest BCUT2D eigenvalue weighted by Crippen LogP contribution is -2.51. The van der Waals surface area contributed by atoms with Crippen molar-refractivity contribution in [3.05, 3.63) is 30.1 Å². The quantitative estimate of drug-likeness (QED) is 0.751. The van der Waals surface area contributed by atoms with Crippen LogP contribution in [0.2, 0.25) is 0 Å². The van der Waals surface area contributed by atoms with Crippen LogP contribution in [0.4, 0.5) is 4.39 Å². The van der Waals surface area contributed by atoms with Gasteiger partial charge in [-0.25, -0.2) is 4.39 Å². The first-order valence-electron chi connectivity index (χ1n) is 9.28. The van der Waals surface area contributed by atoms with E-state index < -0.39 is 6.10 Å². The third-order valence-electron chi connectivity index (χ3n) is 5.14. The van der Waals surface area contributed by atoms with Gasteiger partial charge >= 0.3 is 0 Å². The van der Waals surface area contributed by atoms with Crippen LogP contribution in [-0.2, 0) is 0 Å². The molecule has 134 valence electrons. The van der Waals surface area contributed by atoms with Crippen molar-refractivity contribution in [2.24, 2.45) is 0 Å². The third kappa shape index (κ3) is 4.91. The molecule has 1 saturated carbocycles. The molecular weight excluding hydrogens is 307 g/mol. The molecular formula is C19H29FN2O2. The van der Waals surface area contributed by atoms with E-state index in [1.165, 1.54) is 38.1 Å². The van der Waals surface area contributed by atoms with E-state index in [4.69, 9.17) is 4.74 Å². The maximum absolute atomic E-state index is 13.3. The molecule has 1 aromatic rings. The number of aliphatic hydroxyl groups excluding tert-OH is 1. The molecule has 1 aliphatic heterocycles. The Bertz CT molecular complexity index is 508. The SMILES string of the molecule is O[C@@H]1[C@@H](NCCCN2CCCC2)CCC[C@H]1Oc1cccc(F)c1. The highest BCUT2D eigenvalue weighted by Gasteiger charge is 2.33. The summed E-state index contributed by atoms with van der Waals surface area (Å²) in [6, 6.07) is 6.21. The number of hydrogen-bond acceptors (Lipinski definition) is 4. The zero-order valence-corrected chi connectivity index (χ0v) is 14.3. The van der Waals surface area contributed by atoms with Crippen molar-refractivity contribution in [3.8, 4) is 5.75 Å². The maximum Gasteiger partial charge on any atom is 0.126 e. The van der Waals surface area contributed by atoms with Gasteiger partial charge in [0.2, 0.25) is 0 Å². The lowest BCUT2D eigenvalue weighted by molar-refractivity contribution is -0.0154. The van der Waals surface area contributed by atoms with E-state index in [2.05, 4.69) is 10.2 Å². The van der Waals surface area contributed by atoms with E-state index in [0.717, 1.165) is 38.8 Å². The largest absolute Gasteiger partial charge is 0.488 e. The predicted molar refractivity (Wildman–Crippen MR) is 92.8 cm³/mol. The minimum absolute atomic E-state index is 0.0656. The molecule has 0 bridgehead atoms. The lowest BCUT2D eigenvalue weighted by Gasteiger charge is -2.35. The van der Waals surface area contributed by atoms with E-state index in [-0.39, 0.29) is 18.0 Å². The van der Waals surface area contributed by atoms with Gasteiger partial charge in [0.1, 0.15) is 23.8 Å². The van der Waals surface area contributed by atoms with Crippen LogP contribution in [0.5, 0.6) is 5.75 Å². The van der Waals surface area contributed by atoms with Crippen molar-refractivity contribution < 1.29 is 14.2 Å². The van der Waals surface area contributed by atoms with Gasteiger partial charge < -0.3 is 20.1 Å². The number of nitrogens with one attached hydrogen (secondary N) is 1. The number of ether oxygens (including phenoxy) is 1. The monoisotopic (exact) mass is 336 g/mol. The van der Waals surface area contributed by atoms with Crippen LogP contribution in [0.1, 0.15) is 38.5 Å². The molecule has 4 nitrogen and oxygen atoms in total. The zero-order valence-electron chi connectivity index (χ0n) is 14.3. The summed E-state index contributed by atoms with van der Waals surface area (Å²) in [5.74, 6) is 0.183. The van der Waals surface area contributed by atoms with Gasteiger partial charge in [-0.15, -0.1) is 0 Å². The van der Waals surface area contributed by atoms with Gasteiger partial charge in [0.15, 0.2) is 0 Å². The Morgan fingerprint density at radius 2 is 2.04 bits per heavy atom. The van der Waals surface area contributed by atoms with E-state index in [0.29, 0.717) is 5.75 Å². The molecule has 2 fully saturated rings. The average molecular weight is 336 g/mol. The first-order valence-corrected chi connectivity index (χ1v) is 9.28. The molecule has 0 radical (unpaired) electrons. The fraction of sp³-hybridized carbons (Fsp3) is 0.684. The molecule has 0 unspecified atom stereocenters. The highest BCUT2D eigenvalue weighted by Crippen LogP contribution is 2.25. The number of halogens is 1. The van der Waals surface area contributed by atoms with Gasteiger partial charge in [-0.05, 0) is 76.8 Å². The molecule has 24 heavy (non-hydrogen) atoms. The van der Waals surface area contributed by atoms with Crippen LogP contribution in [0.25, 0.3) is 0 Å². The molecule has 1 saturated heterocycles. The fourth-order valence-electron chi connectivity index (χ4n) is 3.80. The molecule has 0 amide bonds. The molecule has 2 N–H and O–H groups in total. The number of nitrogens with zero attached hydrogens (tertiary/aromatic N) is 1. The summed E-state index contributed by atoms with van der Waals surface area (Å²) >= 11 is 0. The molecule has 2 aliphatic rings. The fourth-order valence-corrected chi connectivity index (χ4v) is 3.80. The minimum Gasteiger partial charge on any atom is -0.488 e. The highest BCUT2D eigenvalue weighted by molar-refractivity contribution is 5.23. The number of aliphatic hydroxyl groups is 1. The maximum atomic E-state index is 13.3. The van der Waals surface area contributed by atoms with Crippen LogP contribution in [0, 0.1) is 5.82 Å². The van der Waals surface area contributed by atoms with E-state index in [9.17, 15) is 9.50 Å². The van der Waals surface area contributed by atoms with Gasteiger partial charge in [0.25, 0.3) is 0 Å². The first kappa shape index (κ1) is 17.6. The van der Waals surface area contributed by atoms with Crippen LogP contribution < -0.4 is 10.1 Å². The van der Waals surface area contributed by atoms with Crippen molar-refractivity contribution in [1.29, 1.82) is 0 Å². The number of rotatable bonds is 7. The van der Waals surface area contributed by atoms with Crippen molar-refractivity contribution in [2.45, 2.75) is 56.8 Å². The van der Waals surface area contributed by atoms with Crippen LogP contribution in [0.15, 0.2) is 24.3 Å². The molecule has 3 atom stereocenters. The van der Waals surface area contributed by atoms with Crippen LogP contribution in [0.3, 0.4) is 0 Å². The van der Waals surface area contributed by atoms with E-state index >= 15 is 0 Å². The molecule has 3 rings (SSSR count). The molecule has 5 heteroatoms. The Labute approximate surface area is 144 Å². The molecule has 1 heterocycles. The summed E-state index contributed by atoms with van der Waals surface area (Å²) < 4.78 is 19.1. The molecule has 0 aromatic heterocycles. The van der Waals surface area contributed by atoms with Crippen molar-refractivity contribution in [3.63, 3.8) is 0 Å². The number of likely N-dealkylation sites (tertiary alicyclic amines) is 1. The summed E-state index contributed by atoms with van der Waals surface area (Å²) in [4.78, 5) is 2.51. The minimum atomic E-state index is -0.547. The highest BCUT2D eigenvalue weighted by atomic mass is 19.1. The number of hydrogen-bond donors (Lipinski definition) is 2. The Kier molecular flexibility index (Phi) is 6.46. The summed E-state index contributed by atoms with van der Waals surface area (Å²) in [5, 5.41) is 14.1. The van der Waals surface area contributed by atoms with Gasteiger partial charge in [-0.2, -0.15) is 0 Å². The standard InChI is InChI=1S/C19H29FN2O2/c20-15-6-3-7-16(14-15)24-18-9-4-8-17(19(18)23)21-10-5-13-22-11-1-2-12-22/h3,6-7,14,17-19,21,23H,1-2,4-5,8-13H2/t17-,18+,19+/m0/s1. The van der Waals surface area contributed by atoms with Gasteiger partial charge in [0.05, 0.1) is 0 Å². The molecule has 0 spiro atoms. The average Bonchev–Trinajstić information content (AvgIpc) is 3.08. The molecule has 1 aliphatic carbocycles. The van der Waals surface area contributed by atoms with E-state index in [1.807, 2.05) is 0 Å². The Hall–Kier alpha value is -1.17. The van der Waals surface area contributed by atoms with Crippen molar-refractivity contribution in [2.75, 3.05) is 26.2 Å². The summed E-state index contributed by atoms with van der Waals surface area (Å²) in [6.07, 6.45) is 5.74. The van der Waals surface area contributed by atoms with Crippen molar-refractivity contribution >= 4 is 0 Å². The Morgan fingerprint density at radius 1 is 1.21 bits per heavy atom. The van der Waals surface area contributed by atoms with Gasteiger partial charge in [-0.3, -0.25) is 0 Å². The second-order valence-corrected chi connectivity index (χ2v) is 7.00. The van der Waals surface area contributed by atoms with Crippen molar-refractivity contribution in [1.82, 2.24) is 10.2 Å². The Balaban J connectivity index is 1.42. The predicted octanol–water partition coefficient (Wildman–Crippen LogP) is 2.56. The normalized spacial score (nSPS) is 28.2. The van der Waals surface area contributed by atoms with Gasteiger partial charge in [-0.1, -0.05) is 6.07 Å². The smallest absolute Gasteiger partial charge is 0.126 e. The van der Waals surface area contributed by atoms with Crippen LogP contribution in [-0.4, -0.2) is 54.4 Å². The Morgan fingerprint density at radius 3 is 2.83 bits per heavy atom. The first-order chi connectivity index (χ1) is 11.7. The third-order valence-corrected chi connectivity index (χ3v) is 5.14. The second kappa shape index (κ2) is 8.79. The molecule has 1 aromatic carbocycles. The topological polar surface area (TPSA) is 44.7 Å². The van der Waals surface area contributed by atoms with E-state index in [1.54, 1.807) is 12.1 Å². The number of benzene rings is 1. The summed E-state index contributed by atoms with van der Waals surface area (Å²) in [6.45, 7) is 4.52.